The first-order chi connectivity index (χ1) is 6.83. The van der Waals surface area contributed by atoms with Crippen LogP contribution in [0.25, 0.3) is 0 Å². The Bertz CT molecular complexity index is 391. The van der Waals surface area contributed by atoms with Crippen molar-refractivity contribution >= 4 is 16.0 Å². The molecule has 1 aliphatic heterocycles. The maximum absolute atomic E-state index is 11.4. The third kappa shape index (κ3) is 1.76. The lowest BCUT2D eigenvalue weighted by atomic mass is 9.83. The van der Waals surface area contributed by atoms with Crippen molar-refractivity contribution in [2.24, 2.45) is 11.3 Å². The van der Waals surface area contributed by atoms with E-state index in [1.807, 2.05) is 0 Å². The van der Waals surface area contributed by atoms with Crippen molar-refractivity contribution in [3.8, 4) is 0 Å². The van der Waals surface area contributed by atoms with Gasteiger partial charge in [0, 0.05) is 13.1 Å². The Balaban J connectivity index is 2.28. The van der Waals surface area contributed by atoms with Gasteiger partial charge in [-0.3, -0.25) is 4.79 Å². The van der Waals surface area contributed by atoms with Gasteiger partial charge in [-0.05, 0) is 25.2 Å². The van der Waals surface area contributed by atoms with Crippen LogP contribution in [0.1, 0.15) is 19.3 Å². The number of hydrogen-bond donors (Lipinski definition) is 1. The third-order valence-electron chi connectivity index (χ3n) is 3.57. The third-order valence-corrected chi connectivity index (χ3v) is 4.79. The van der Waals surface area contributed by atoms with Crippen LogP contribution in [0.3, 0.4) is 0 Å². The topological polar surface area (TPSA) is 74.7 Å². The first-order valence-corrected chi connectivity index (χ1v) is 6.87. The molecule has 1 aliphatic carbocycles. The monoisotopic (exact) mass is 233 g/mol. The predicted molar refractivity (Wildman–Crippen MR) is 53.8 cm³/mol. The standard InChI is InChI=1S/C9H15NO4S/c1-15(13,14)10-5-7-2-3-9(4-7,6-10)8(11)12/h7H,2-6H2,1H3,(H,11,12). The summed E-state index contributed by atoms with van der Waals surface area (Å²) in [5.41, 5.74) is -0.813. The Morgan fingerprint density at radius 2 is 2.20 bits per heavy atom. The van der Waals surface area contributed by atoms with Crippen molar-refractivity contribution in [1.82, 2.24) is 4.31 Å². The van der Waals surface area contributed by atoms with Crippen molar-refractivity contribution in [2.75, 3.05) is 19.3 Å². The lowest BCUT2D eigenvalue weighted by Crippen LogP contribution is -2.48. The number of nitrogens with zero attached hydrogens (tertiary/aromatic N) is 1. The van der Waals surface area contributed by atoms with Crippen LogP contribution in [-0.2, 0) is 14.8 Å². The summed E-state index contributed by atoms with van der Waals surface area (Å²) in [6.45, 7) is 0.644. The smallest absolute Gasteiger partial charge is 0.310 e. The Morgan fingerprint density at radius 1 is 1.53 bits per heavy atom. The van der Waals surface area contributed by atoms with E-state index in [-0.39, 0.29) is 12.5 Å². The molecule has 0 spiro atoms. The van der Waals surface area contributed by atoms with Gasteiger partial charge in [0.1, 0.15) is 0 Å². The molecule has 0 aromatic rings. The molecule has 0 aromatic carbocycles. The van der Waals surface area contributed by atoms with E-state index in [9.17, 15) is 18.3 Å². The van der Waals surface area contributed by atoms with E-state index in [2.05, 4.69) is 0 Å². The highest BCUT2D eigenvalue weighted by atomic mass is 32.2. The van der Waals surface area contributed by atoms with Crippen molar-refractivity contribution in [3.63, 3.8) is 0 Å². The summed E-state index contributed by atoms with van der Waals surface area (Å²) in [5, 5.41) is 9.18. The predicted octanol–water partition coefficient (Wildman–Crippen LogP) is 0.133. The second kappa shape index (κ2) is 3.18. The zero-order valence-corrected chi connectivity index (χ0v) is 9.46. The SMILES string of the molecule is CS(=O)(=O)N1CC2CCC(C(=O)O)(C2)C1. The van der Waals surface area contributed by atoms with E-state index in [4.69, 9.17) is 0 Å². The minimum atomic E-state index is -3.25. The summed E-state index contributed by atoms with van der Waals surface area (Å²) in [5.74, 6) is -0.622. The van der Waals surface area contributed by atoms with Crippen molar-refractivity contribution in [3.05, 3.63) is 0 Å². The Labute approximate surface area is 89.1 Å². The first-order valence-electron chi connectivity index (χ1n) is 5.02. The van der Waals surface area contributed by atoms with Gasteiger partial charge in [-0.1, -0.05) is 0 Å². The number of carboxylic acids is 1. The number of sulfonamides is 1. The molecule has 6 heteroatoms. The molecule has 5 nitrogen and oxygen atoms in total. The second-order valence-electron chi connectivity index (χ2n) is 4.75. The molecule has 1 N–H and O–H groups in total. The van der Waals surface area contributed by atoms with Gasteiger partial charge in [-0.2, -0.15) is 0 Å². The number of rotatable bonds is 2. The molecular weight excluding hydrogens is 218 g/mol. The zero-order valence-electron chi connectivity index (χ0n) is 8.64. The molecule has 15 heavy (non-hydrogen) atoms. The van der Waals surface area contributed by atoms with E-state index in [1.165, 1.54) is 4.31 Å². The normalized spacial score (nSPS) is 36.7. The molecule has 2 fully saturated rings. The number of fused-ring (bicyclic) bond motifs is 2. The molecule has 0 amide bonds. The summed E-state index contributed by atoms with van der Waals surface area (Å²) in [7, 11) is -3.25. The van der Waals surface area contributed by atoms with Crippen LogP contribution in [0.15, 0.2) is 0 Å². The van der Waals surface area contributed by atoms with Gasteiger partial charge in [-0.25, -0.2) is 12.7 Å². The van der Waals surface area contributed by atoms with Crippen LogP contribution in [0.2, 0.25) is 0 Å². The van der Waals surface area contributed by atoms with E-state index in [1.54, 1.807) is 0 Å². The lowest BCUT2D eigenvalue weighted by Gasteiger charge is -2.35. The van der Waals surface area contributed by atoms with E-state index >= 15 is 0 Å². The van der Waals surface area contributed by atoms with Gasteiger partial charge in [0.05, 0.1) is 11.7 Å². The van der Waals surface area contributed by atoms with Gasteiger partial charge < -0.3 is 5.11 Å². The van der Waals surface area contributed by atoms with Crippen LogP contribution in [-0.4, -0.2) is 43.1 Å². The summed E-state index contributed by atoms with van der Waals surface area (Å²) >= 11 is 0. The average molecular weight is 233 g/mol. The first kappa shape index (κ1) is 10.9. The van der Waals surface area contributed by atoms with Crippen LogP contribution in [0.4, 0.5) is 0 Å². The fourth-order valence-corrected chi connectivity index (χ4v) is 3.70. The molecule has 1 saturated carbocycles. The van der Waals surface area contributed by atoms with Crippen molar-refractivity contribution < 1.29 is 18.3 Å². The highest BCUT2D eigenvalue weighted by Crippen LogP contribution is 2.47. The molecule has 2 aliphatic rings. The maximum Gasteiger partial charge on any atom is 0.310 e. The molecule has 2 atom stereocenters. The largest absolute Gasteiger partial charge is 0.481 e. The number of piperidine rings is 1. The Morgan fingerprint density at radius 3 is 2.73 bits per heavy atom. The molecule has 2 bridgehead atoms. The van der Waals surface area contributed by atoms with Crippen LogP contribution in [0, 0.1) is 11.3 Å². The molecule has 2 rings (SSSR count). The summed E-state index contributed by atoms with van der Waals surface area (Å²) in [4.78, 5) is 11.2. The Hall–Kier alpha value is -0.620. The number of carbonyl (C=O) groups is 1. The lowest BCUT2D eigenvalue weighted by molar-refractivity contribution is -0.150. The Kier molecular flexibility index (Phi) is 2.31. The molecular formula is C9H15NO4S. The van der Waals surface area contributed by atoms with E-state index in [0.717, 1.165) is 12.7 Å². The summed E-state index contributed by atoms with van der Waals surface area (Å²) in [6.07, 6.45) is 3.22. The molecule has 0 radical (unpaired) electrons. The minimum absolute atomic E-state index is 0.150. The molecule has 0 aromatic heterocycles. The molecule has 1 heterocycles. The van der Waals surface area contributed by atoms with E-state index in [0.29, 0.717) is 19.4 Å². The highest BCUT2D eigenvalue weighted by molar-refractivity contribution is 7.88. The van der Waals surface area contributed by atoms with Gasteiger partial charge in [-0.15, -0.1) is 0 Å². The van der Waals surface area contributed by atoms with Crippen LogP contribution >= 0.6 is 0 Å². The van der Waals surface area contributed by atoms with Gasteiger partial charge in [0.25, 0.3) is 0 Å². The van der Waals surface area contributed by atoms with Crippen LogP contribution in [0.5, 0.6) is 0 Å². The molecule has 86 valence electrons. The highest BCUT2D eigenvalue weighted by Gasteiger charge is 2.51. The quantitative estimate of drug-likeness (QED) is 0.735. The number of carboxylic acid groups (broad SMARTS) is 1. The zero-order chi connectivity index (χ0) is 11.3. The average Bonchev–Trinajstić information content (AvgIpc) is 2.41. The number of aliphatic carboxylic acids is 1. The summed E-state index contributed by atoms with van der Waals surface area (Å²) < 4.78 is 24.1. The van der Waals surface area contributed by atoms with Crippen molar-refractivity contribution in [2.45, 2.75) is 19.3 Å². The maximum atomic E-state index is 11.4. The fourth-order valence-electron chi connectivity index (χ4n) is 2.74. The van der Waals surface area contributed by atoms with Crippen molar-refractivity contribution in [1.29, 1.82) is 0 Å². The second-order valence-corrected chi connectivity index (χ2v) is 6.73. The fraction of sp³-hybridized carbons (Fsp3) is 0.889. The minimum Gasteiger partial charge on any atom is -0.481 e. The number of hydrogen-bond acceptors (Lipinski definition) is 3. The van der Waals surface area contributed by atoms with Gasteiger partial charge >= 0.3 is 5.97 Å². The van der Waals surface area contributed by atoms with Gasteiger partial charge in [0.15, 0.2) is 0 Å². The van der Waals surface area contributed by atoms with E-state index < -0.39 is 21.4 Å². The van der Waals surface area contributed by atoms with Gasteiger partial charge in [0.2, 0.25) is 10.0 Å². The summed E-state index contributed by atoms with van der Waals surface area (Å²) in [6, 6.07) is 0. The van der Waals surface area contributed by atoms with Crippen LogP contribution < -0.4 is 0 Å². The molecule has 2 unspecified atom stereocenters. The molecule has 1 saturated heterocycles.